The Hall–Kier alpha value is -0.670. The second-order valence-corrected chi connectivity index (χ2v) is 4.66. The van der Waals surface area contributed by atoms with Crippen LogP contribution in [-0.2, 0) is 9.53 Å². The number of unbranched alkanes of at least 4 members (excludes halogenated alkanes) is 5. The first-order chi connectivity index (χ1) is 8.57. The molecule has 0 spiro atoms. The van der Waals surface area contributed by atoms with Gasteiger partial charge < -0.3 is 4.74 Å². The van der Waals surface area contributed by atoms with Crippen molar-refractivity contribution in [2.75, 3.05) is 6.61 Å². The summed E-state index contributed by atoms with van der Waals surface area (Å²) in [6, 6.07) is 0. The van der Waals surface area contributed by atoms with Crippen LogP contribution in [0, 0.1) is 0 Å². The van der Waals surface area contributed by atoms with Crippen LogP contribution < -0.4 is 0 Å². The third kappa shape index (κ3) is 10.5. The molecule has 4 heteroatoms. The summed E-state index contributed by atoms with van der Waals surface area (Å²) in [5.74, 6) is -0.130. The third-order valence-corrected chi connectivity index (χ3v) is 2.91. The van der Waals surface area contributed by atoms with Crippen LogP contribution in [0.1, 0.15) is 65.2 Å². The fourth-order valence-electron chi connectivity index (χ4n) is 1.78. The van der Waals surface area contributed by atoms with Gasteiger partial charge in [0.25, 0.3) is 0 Å². The highest BCUT2D eigenvalue weighted by molar-refractivity contribution is 5.69. The van der Waals surface area contributed by atoms with Crippen LogP contribution in [0.5, 0.6) is 0 Å². The first-order valence-corrected chi connectivity index (χ1v) is 7.01. The number of hydrogen-bond donors (Lipinski definition) is 0. The zero-order valence-electron chi connectivity index (χ0n) is 11.6. The normalized spacial score (nSPS) is 14.2. The smallest absolute Gasteiger partial charge is 0.305 e. The molecule has 0 fully saturated rings. The van der Waals surface area contributed by atoms with E-state index in [1.807, 2.05) is 0 Å². The van der Waals surface area contributed by atoms with Crippen molar-refractivity contribution in [1.29, 1.82) is 0 Å². The van der Waals surface area contributed by atoms with E-state index in [2.05, 4.69) is 0 Å². The summed E-state index contributed by atoms with van der Waals surface area (Å²) in [4.78, 5) is 11.0. The maximum Gasteiger partial charge on any atom is 0.305 e. The number of hydrogen-bond acceptors (Lipinski definition) is 2. The minimum atomic E-state index is -1.35. The molecule has 0 saturated carbocycles. The number of carbonyl (C=O) groups excluding carboxylic acids is 1. The molecule has 108 valence electrons. The number of ether oxygens (including phenoxy) is 1. The van der Waals surface area contributed by atoms with E-state index in [0.717, 1.165) is 38.5 Å². The van der Waals surface area contributed by atoms with E-state index in [1.165, 1.54) is 6.92 Å². The average Bonchev–Trinajstić information content (AvgIpc) is 2.32. The average molecular weight is 264 g/mol. The Kier molecular flexibility index (Phi) is 11.0. The van der Waals surface area contributed by atoms with Gasteiger partial charge in [-0.25, -0.2) is 8.78 Å². The lowest BCUT2D eigenvalue weighted by Gasteiger charge is -2.08. The van der Waals surface area contributed by atoms with Crippen LogP contribution in [-0.4, -0.2) is 24.9 Å². The fourth-order valence-corrected chi connectivity index (χ4v) is 1.78. The predicted octanol–water partition coefficient (Wildman–Crippen LogP) is 4.37. The molecular weight excluding hydrogens is 238 g/mol. The predicted molar refractivity (Wildman–Crippen MR) is 69.0 cm³/mol. The van der Waals surface area contributed by atoms with E-state index in [4.69, 9.17) is 4.74 Å². The molecule has 0 bridgehead atoms. The van der Waals surface area contributed by atoms with E-state index in [9.17, 15) is 13.6 Å². The van der Waals surface area contributed by atoms with Crippen molar-refractivity contribution in [3.8, 4) is 0 Å². The lowest BCUT2D eigenvalue weighted by molar-refractivity contribution is -0.143. The molecule has 0 aromatic heterocycles. The standard InChI is InChI=1S/C14H26F2O2/c1-3-18-14(17)11-9-7-5-4-6-8-10-13(16)12(2)15/h12-13H,3-11H2,1-2H3. The van der Waals surface area contributed by atoms with Crippen LogP contribution >= 0.6 is 0 Å². The molecule has 0 saturated heterocycles. The monoisotopic (exact) mass is 264 g/mol. The molecule has 0 radical (unpaired) electrons. The van der Waals surface area contributed by atoms with Crippen molar-refractivity contribution < 1.29 is 18.3 Å². The first kappa shape index (κ1) is 17.3. The van der Waals surface area contributed by atoms with Crippen molar-refractivity contribution in [1.82, 2.24) is 0 Å². The summed E-state index contributed by atoms with van der Waals surface area (Å²) in [6.45, 7) is 3.50. The molecule has 0 amide bonds. The number of rotatable bonds is 11. The molecule has 18 heavy (non-hydrogen) atoms. The number of halogens is 2. The van der Waals surface area contributed by atoms with Crippen LogP contribution in [0.15, 0.2) is 0 Å². The lowest BCUT2D eigenvalue weighted by atomic mass is 10.1. The van der Waals surface area contributed by atoms with Gasteiger partial charge >= 0.3 is 5.97 Å². The maximum absolute atomic E-state index is 12.9. The van der Waals surface area contributed by atoms with Gasteiger partial charge in [0.15, 0.2) is 0 Å². The zero-order valence-corrected chi connectivity index (χ0v) is 11.6. The summed E-state index contributed by atoms with van der Waals surface area (Å²) < 4.78 is 30.2. The quantitative estimate of drug-likeness (QED) is 0.409. The minimum Gasteiger partial charge on any atom is -0.466 e. The van der Waals surface area contributed by atoms with Crippen LogP contribution in [0.4, 0.5) is 8.78 Å². The van der Waals surface area contributed by atoms with Gasteiger partial charge in [0.05, 0.1) is 6.61 Å². The molecule has 0 rings (SSSR count). The Bertz CT molecular complexity index is 208. The molecule has 0 aliphatic heterocycles. The van der Waals surface area contributed by atoms with Crippen LogP contribution in [0.25, 0.3) is 0 Å². The van der Waals surface area contributed by atoms with Crippen LogP contribution in [0.3, 0.4) is 0 Å². The lowest BCUT2D eigenvalue weighted by Crippen LogP contribution is -2.12. The Labute approximate surface area is 109 Å². The Morgan fingerprint density at radius 1 is 1.06 bits per heavy atom. The van der Waals surface area contributed by atoms with Gasteiger partial charge in [0, 0.05) is 6.42 Å². The Morgan fingerprint density at radius 3 is 2.17 bits per heavy atom. The highest BCUT2D eigenvalue weighted by atomic mass is 19.2. The van der Waals surface area contributed by atoms with Gasteiger partial charge in [-0.1, -0.05) is 32.1 Å². The Balaban J connectivity index is 3.19. The molecule has 0 aromatic rings. The molecule has 2 unspecified atom stereocenters. The second-order valence-electron chi connectivity index (χ2n) is 4.66. The number of alkyl halides is 2. The van der Waals surface area contributed by atoms with E-state index >= 15 is 0 Å². The summed E-state index contributed by atoms with van der Waals surface area (Å²) in [6.07, 6.45) is 3.74. The number of esters is 1. The van der Waals surface area contributed by atoms with Crippen LogP contribution in [0.2, 0.25) is 0 Å². The van der Waals surface area contributed by atoms with Crippen molar-refractivity contribution >= 4 is 5.97 Å². The molecule has 0 heterocycles. The topological polar surface area (TPSA) is 26.3 Å². The first-order valence-electron chi connectivity index (χ1n) is 7.01. The fraction of sp³-hybridized carbons (Fsp3) is 0.929. The zero-order chi connectivity index (χ0) is 13.8. The highest BCUT2D eigenvalue weighted by Gasteiger charge is 2.13. The van der Waals surface area contributed by atoms with Gasteiger partial charge in [-0.3, -0.25) is 4.79 Å². The van der Waals surface area contributed by atoms with E-state index in [1.54, 1.807) is 6.92 Å². The third-order valence-electron chi connectivity index (χ3n) is 2.91. The van der Waals surface area contributed by atoms with Gasteiger partial charge in [-0.2, -0.15) is 0 Å². The van der Waals surface area contributed by atoms with Gasteiger partial charge in [0.1, 0.15) is 12.3 Å². The van der Waals surface area contributed by atoms with E-state index in [-0.39, 0.29) is 5.97 Å². The van der Waals surface area contributed by atoms with Crippen molar-refractivity contribution in [2.24, 2.45) is 0 Å². The minimum absolute atomic E-state index is 0.130. The molecule has 2 nitrogen and oxygen atoms in total. The van der Waals surface area contributed by atoms with Gasteiger partial charge in [-0.15, -0.1) is 0 Å². The van der Waals surface area contributed by atoms with Gasteiger partial charge in [0.2, 0.25) is 0 Å². The SMILES string of the molecule is CCOC(=O)CCCCCCCCC(F)C(C)F. The maximum atomic E-state index is 12.9. The summed E-state index contributed by atoms with van der Waals surface area (Å²) in [7, 11) is 0. The molecule has 0 aromatic carbocycles. The second kappa shape index (κ2) is 11.4. The highest BCUT2D eigenvalue weighted by Crippen LogP contribution is 2.14. The molecule has 0 aliphatic carbocycles. The van der Waals surface area contributed by atoms with Gasteiger partial charge in [-0.05, 0) is 26.7 Å². The molecular formula is C14H26F2O2. The molecule has 2 atom stereocenters. The Morgan fingerprint density at radius 2 is 1.61 bits per heavy atom. The summed E-state index contributed by atoms with van der Waals surface area (Å²) in [5.41, 5.74) is 0. The summed E-state index contributed by atoms with van der Waals surface area (Å²) in [5, 5.41) is 0. The van der Waals surface area contributed by atoms with E-state index < -0.39 is 12.3 Å². The van der Waals surface area contributed by atoms with Crippen molar-refractivity contribution in [3.63, 3.8) is 0 Å². The molecule has 0 aliphatic rings. The van der Waals surface area contributed by atoms with Crippen molar-refractivity contribution in [2.45, 2.75) is 77.6 Å². The molecule has 0 N–H and O–H groups in total. The summed E-state index contributed by atoms with van der Waals surface area (Å²) >= 11 is 0. The van der Waals surface area contributed by atoms with E-state index in [0.29, 0.717) is 19.4 Å². The largest absolute Gasteiger partial charge is 0.466 e. The van der Waals surface area contributed by atoms with Crippen molar-refractivity contribution in [3.05, 3.63) is 0 Å². The number of carbonyl (C=O) groups is 1.